The van der Waals surface area contributed by atoms with Crippen LogP contribution in [0.1, 0.15) is 12.0 Å². The monoisotopic (exact) mass is 235 g/mol. The largest absolute Gasteiger partial charge is 0.493 e. The van der Waals surface area contributed by atoms with Crippen molar-refractivity contribution in [2.24, 2.45) is 5.92 Å². The first kappa shape index (κ1) is 10.3. The third-order valence-electron chi connectivity index (χ3n) is 3.30. The highest BCUT2D eigenvalue weighted by atomic mass is 32.2. The standard InChI is InChI=1S/C13H17NOS/c1-2-12(7-13-11(1)3-5-14-13)15-8-10-4-6-16-9-10/h1-2,7,10,14H,3-6,8-9H2. The summed E-state index contributed by atoms with van der Waals surface area (Å²) in [5.41, 5.74) is 2.68. The van der Waals surface area contributed by atoms with Gasteiger partial charge in [0.1, 0.15) is 5.75 Å². The molecule has 3 heteroatoms. The lowest BCUT2D eigenvalue weighted by Gasteiger charge is -2.11. The van der Waals surface area contributed by atoms with Gasteiger partial charge in [-0.05, 0) is 36.0 Å². The van der Waals surface area contributed by atoms with Gasteiger partial charge in [-0.25, -0.2) is 0 Å². The number of anilines is 1. The third-order valence-corrected chi connectivity index (χ3v) is 4.53. The Morgan fingerprint density at radius 3 is 3.31 bits per heavy atom. The number of hydrogen-bond donors (Lipinski definition) is 1. The second-order valence-corrected chi connectivity index (χ2v) is 5.69. The molecule has 1 aromatic carbocycles. The first-order valence-electron chi connectivity index (χ1n) is 5.99. The molecule has 2 heterocycles. The van der Waals surface area contributed by atoms with Gasteiger partial charge >= 0.3 is 0 Å². The number of ether oxygens (including phenoxy) is 1. The van der Waals surface area contributed by atoms with Crippen LogP contribution in [0, 0.1) is 5.92 Å². The van der Waals surface area contributed by atoms with Crippen LogP contribution in [-0.4, -0.2) is 24.7 Å². The fraction of sp³-hybridized carbons (Fsp3) is 0.538. The number of benzene rings is 1. The number of fused-ring (bicyclic) bond motifs is 1. The highest BCUT2D eigenvalue weighted by molar-refractivity contribution is 7.99. The van der Waals surface area contributed by atoms with E-state index in [-0.39, 0.29) is 0 Å². The fourth-order valence-corrected chi connectivity index (χ4v) is 3.55. The second-order valence-electron chi connectivity index (χ2n) is 4.54. The van der Waals surface area contributed by atoms with E-state index in [0.29, 0.717) is 0 Å². The molecule has 86 valence electrons. The SMILES string of the molecule is c1cc2c(cc1OCC1CCSC1)NCC2. The average Bonchev–Trinajstić information content (AvgIpc) is 2.97. The van der Waals surface area contributed by atoms with Crippen LogP contribution >= 0.6 is 11.8 Å². The van der Waals surface area contributed by atoms with Gasteiger partial charge in [-0.2, -0.15) is 11.8 Å². The molecule has 2 nitrogen and oxygen atoms in total. The van der Waals surface area contributed by atoms with Crippen LogP contribution in [0.25, 0.3) is 0 Å². The topological polar surface area (TPSA) is 21.3 Å². The molecule has 0 spiro atoms. The molecule has 1 aromatic rings. The number of hydrogen-bond acceptors (Lipinski definition) is 3. The zero-order valence-electron chi connectivity index (χ0n) is 9.37. The molecule has 2 aliphatic rings. The van der Waals surface area contributed by atoms with E-state index in [1.165, 1.54) is 29.2 Å². The molecule has 0 saturated carbocycles. The summed E-state index contributed by atoms with van der Waals surface area (Å²) in [5, 5.41) is 3.38. The van der Waals surface area contributed by atoms with Crippen molar-refractivity contribution < 1.29 is 4.74 Å². The van der Waals surface area contributed by atoms with Gasteiger partial charge in [-0.1, -0.05) is 6.07 Å². The van der Waals surface area contributed by atoms with Crippen LogP contribution in [0.4, 0.5) is 5.69 Å². The molecule has 1 atom stereocenters. The minimum Gasteiger partial charge on any atom is -0.493 e. The Hall–Kier alpha value is -0.830. The summed E-state index contributed by atoms with van der Waals surface area (Å²) >= 11 is 2.05. The quantitative estimate of drug-likeness (QED) is 0.870. The van der Waals surface area contributed by atoms with Crippen LogP contribution in [0.15, 0.2) is 18.2 Å². The van der Waals surface area contributed by atoms with E-state index in [1.807, 2.05) is 11.8 Å². The fourth-order valence-electron chi connectivity index (χ4n) is 2.29. The van der Waals surface area contributed by atoms with Gasteiger partial charge in [-0.15, -0.1) is 0 Å². The molecular formula is C13H17NOS. The van der Waals surface area contributed by atoms with Gasteiger partial charge in [0.2, 0.25) is 0 Å². The second kappa shape index (κ2) is 4.58. The molecule has 1 unspecified atom stereocenters. The number of rotatable bonds is 3. The van der Waals surface area contributed by atoms with E-state index in [4.69, 9.17) is 4.74 Å². The van der Waals surface area contributed by atoms with Gasteiger partial charge in [-0.3, -0.25) is 0 Å². The molecule has 1 fully saturated rings. The smallest absolute Gasteiger partial charge is 0.121 e. The van der Waals surface area contributed by atoms with E-state index in [2.05, 4.69) is 23.5 Å². The maximum atomic E-state index is 5.86. The molecule has 3 rings (SSSR count). The summed E-state index contributed by atoms with van der Waals surface area (Å²) in [5.74, 6) is 4.35. The Bertz CT molecular complexity index is 374. The summed E-state index contributed by atoms with van der Waals surface area (Å²) in [6.45, 7) is 1.95. The predicted octanol–water partition coefficient (Wildman–Crippen LogP) is 2.79. The van der Waals surface area contributed by atoms with Crippen LogP contribution < -0.4 is 10.1 Å². The van der Waals surface area contributed by atoms with E-state index in [0.717, 1.165) is 31.2 Å². The Kier molecular flexibility index (Phi) is 2.96. The Morgan fingerprint density at radius 1 is 1.44 bits per heavy atom. The maximum absolute atomic E-state index is 5.86. The van der Waals surface area contributed by atoms with Gasteiger partial charge in [0.15, 0.2) is 0 Å². The lowest BCUT2D eigenvalue weighted by molar-refractivity contribution is 0.264. The summed E-state index contributed by atoms with van der Waals surface area (Å²) < 4.78 is 5.86. The van der Waals surface area contributed by atoms with E-state index < -0.39 is 0 Å². The maximum Gasteiger partial charge on any atom is 0.121 e. The van der Waals surface area contributed by atoms with Crippen molar-refractivity contribution in [1.82, 2.24) is 0 Å². The van der Waals surface area contributed by atoms with Crippen molar-refractivity contribution in [3.63, 3.8) is 0 Å². The first-order valence-corrected chi connectivity index (χ1v) is 7.14. The number of thioether (sulfide) groups is 1. The lowest BCUT2D eigenvalue weighted by Crippen LogP contribution is -2.10. The highest BCUT2D eigenvalue weighted by Crippen LogP contribution is 2.28. The minimum absolute atomic E-state index is 0.756. The van der Waals surface area contributed by atoms with Crippen molar-refractivity contribution >= 4 is 17.4 Å². The van der Waals surface area contributed by atoms with Crippen molar-refractivity contribution in [2.45, 2.75) is 12.8 Å². The molecule has 0 aliphatic carbocycles. The molecular weight excluding hydrogens is 218 g/mol. The number of nitrogens with one attached hydrogen (secondary N) is 1. The van der Waals surface area contributed by atoms with Gasteiger partial charge < -0.3 is 10.1 Å². The average molecular weight is 235 g/mol. The summed E-state index contributed by atoms with van der Waals surface area (Å²) in [6.07, 6.45) is 2.46. The zero-order valence-corrected chi connectivity index (χ0v) is 10.2. The summed E-state index contributed by atoms with van der Waals surface area (Å²) in [6, 6.07) is 6.44. The lowest BCUT2D eigenvalue weighted by atomic mass is 10.1. The van der Waals surface area contributed by atoms with E-state index >= 15 is 0 Å². The molecule has 1 N–H and O–H groups in total. The highest BCUT2D eigenvalue weighted by Gasteiger charge is 2.16. The Morgan fingerprint density at radius 2 is 2.44 bits per heavy atom. The van der Waals surface area contributed by atoms with Gasteiger partial charge in [0.25, 0.3) is 0 Å². The minimum atomic E-state index is 0.756. The zero-order chi connectivity index (χ0) is 10.8. The predicted molar refractivity (Wildman–Crippen MR) is 69.6 cm³/mol. The molecule has 2 aliphatic heterocycles. The van der Waals surface area contributed by atoms with Crippen LogP contribution in [-0.2, 0) is 6.42 Å². The van der Waals surface area contributed by atoms with Crippen molar-refractivity contribution in [2.75, 3.05) is 30.0 Å². The first-order chi connectivity index (χ1) is 7.92. The summed E-state index contributed by atoms with van der Waals surface area (Å²) in [7, 11) is 0. The summed E-state index contributed by atoms with van der Waals surface area (Å²) in [4.78, 5) is 0. The van der Waals surface area contributed by atoms with Crippen molar-refractivity contribution in [3.05, 3.63) is 23.8 Å². The van der Waals surface area contributed by atoms with Crippen LogP contribution in [0.2, 0.25) is 0 Å². The normalized spacial score (nSPS) is 22.9. The van der Waals surface area contributed by atoms with E-state index in [1.54, 1.807) is 0 Å². The molecule has 0 amide bonds. The van der Waals surface area contributed by atoms with Crippen molar-refractivity contribution in [1.29, 1.82) is 0 Å². The third kappa shape index (κ3) is 2.14. The molecule has 0 radical (unpaired) electrons. The molecule has 0 bridgehead atoms. The Balaban J connectivity index is 1.61. The van der Waals surface area contributed by atoms with Crippen LogP contribution in [0.3, 0.4) is 0 Å². The van der Waals surface area contributed by atoms with Gasteiger partial charge in [0, 0.05) is 24.2 Å². The molecule has 1 saturated heterocycles. The molecule has 0 aromatic heterocycles. The van der Waals surface area contributed by atoms with Gasteiger partial charge in [0.05, 0.1) is 6.61 Å². The molecule has 16 heavy (non-hydrogen) atoms. The Labute approximate surface area is 101 Å². The van der Waals surface area contributed by atoms with Crippen LogP contribution in [0.5, 0.6) is 5.75 Å². The van der Waals surface area contributed by atoms with E-state index in [9.17, 15) is 0 Å². The van der Waals surface area contributed by atoms with Crippen molar-refractivity contribution in [3.8, 4) is 5.75 Å².